The van der Waals surface area contributed by atoms with Crippen LogP contribution in [0.2, 0.25) is 0 Å². The van der Waals surface area contributed by atoms with Gasteiger partial charge in [-0.25, -0.2) is 13.8 Å². The molecule has 0 aliphatic carbocycles. The van der Waals surface area contributed by atoms with Gasteiger partial charge in [0.05, 0.1) is 10.2 Å². The lowest BCUT2D eigenvalue weighted by molar-refractivity contribution is 0.586. The number of nitrogens with one attached hydrogen (secondary N) is 1. The molecule has 0 bridgehead atoms. The number of pyridine rings is 1. The SMILES string of the molecule is CCCNc1c(C(C)C)c(C)nc2c(F)cc(F)c(Br)c12. The van der Waals surface area contributed by atoms with E-state index < -0.39 is 11.6 Å². The first-order chi connectivity index (χ1) is 9.88. The summed E-state index contributed by atoms with van der Waals surface area (Å²) in [4.78, 5) is 4.36. The fraction of sp³-hybridized carbons (Fsp3) is 0.438. The van der Waals surface area contributed by atoms with Crippen molar-refractivity contribution in [3.63, 3.8) is 0 Å². The Morgan fingerprint density at radius 2 is 1.95 bits per heavy atom. The molecule has 2 rings (SSSR count). The standard InChI is InChI=1S/C16H19BrF2N2/c1-5-6-20-16-12(8(2)3)9(4)21-15-11(19)7-10(18)14(17)13(15)16/h7-8H,5-6H2,1-4H3,(H,20,21). The summed E-state index contributed by atoms with van der Waals surface area (Å²) in [7, 11) is 0. The minimum absolute atomic E-state index is 0.198. The zero-order chi connectivity index (χ0) is 15.7. The second-order valence-electron chi connectivity index (χ2n) is 5.45. The normalized spacial score (nSPS) is 11.4. The van der Waals surface area contributed by atoms with Gasteiger partial charge in [-0.2, -0.15) is 0 Å². The number of hydrogen-bond donors (Lipinski definition) is 1. The van der Waals surface area contributed by atoms with Gasteiger partial charge in [0.2, 0.25) is 0 Å². The quantitative estimate of drug-likeness (QED) is 0.728. The lowest BCUT2D eigenvalue weighted by atomic mass is 9.96. The van der Waals surface area contributed by atoms with Crippen molar-refractivity contribution in [1.29, 1.82) is 0 Å². The molecular weight excluding hydrogens is 338 g/mol. The summed E-state index contributed by atoms with van der Waals surface area (Å²) in [5.41, 5.74) is 2.75. The van der Waals surface area contributed by atoms with Crippen molar-refractivity contribution in [2.45, 2.75) is 40.0 Å². The number of halogens is 3. The minimum Gasteiger partial charge on any atom is -0.384 e. The molecule has 1 N–H and O–H groups in total. The summed E-state index contributed by atoms with van der Waals surface area (Å²) >= 11 is 3.24. The van der Waals surface area contributed by atoms with Crippen LogP contribution in [0.15, 0.2) is 10.5 Å². The maximum atomic E-state index is 14.1. The first-order valence-corrected chi connectivity index (χ1v) is 7.89. The molecule has 0 aliphatic rings. The van der Waals surface area contributed by atoms with Gasteiger partial charge in [0, 0.05) is 23.7 Å². The van der Waals surface area contributed by atoms with Crippen molar-refractivity contribution >= 4 is 32.5 Å². The molecule has 5 heteroatoms. The van der Waals surface area contributed by atoms with Crippen LogP contribution in [0.25, 0.3) is 10.9 Å². The molecule has 1 heterocycles. The van der Waals surface area contributed by atoms with Crippen LogP contribution >= 0.6 is 15.9 Å². The maximum absolute atomic E-state index is 14.1. The Labute approximate surface area is 132 Å². The van der Waals surface area contributed by atoms with E-state index in [9.17, 15) is 8.78 Å². The second kappa shape index (κ2) is 6.26. The van der Waals surface area contributed by atoms with Crippen LogP contribution in [0.4, 0.5) is 14.5 Å². The van der Waals surface area contributed by atoms with E-state index in [0.29, 0.717) is 5.39 Å². The molecule has 0 radical (unpaired) electrons. The fourth-order valence-electron chi connectivity index (χ4n) is 2.61. The molecule has 114 valence electrons. The van der Waals surface area contributed by atoms with Gasteiger partial charge in [0.1, 0.15) is 11.3 Å². The maximum Gasteiger partial charge on any atom is 0.152 e. The van der Waals surface area contributed by atoms with E-state index in [4.69, 9.17) is 0 Å². The van der Waals surface area contributed by atoms with Crippen LogP contribution in [0, 0.1) is 18.6 Å². The Balaban J connectivity index is 2.91. The Hall–Kier alpha value is -1.23. The average molecular weight is 357 g/mol. The molecule has 0 saturated heterocycles. The van der Waals surface area contributed by atoms with Crippen molar-refractivity contribution < 1.29 is 8.78 Å². The van der Waals surface area contributed by atoms with Gasteiger partial charge >= 0.3 is 0 Å². The number of benzene rings is 1. The van der Waals surface area contributed by atoms with Crippen LogP contribution in [-0.2, 0) is 0 Å². The molecule has 0 aliphatic heterocycles. The number of fused-ring (bicyclic) bond motifs is 1. The van der Waals surface area contributed by atoms with E-state index in [-0.39, 0.29) is 15.9 Å². The molecule has 0 saturated carbocycles. The molecule has 0 atom stereocenters. The molecular formula is C16H19BrF2N2. The van der Waals surface area contributed by atoms with Crippen LogP contribution in [-0.4, -0.2) is 11.5 Å². The first-order valence-electron chi connectivity index (χ1n) is 7.10. The minimum atomic E-state index is -0.636. The number of hydrogen-bond acceptors (Lipinski definition) is 2. The van der Waals surface area contributed by atoms with Gasteiger partial charge in [0.25, 0.3) is 0 Å². The molecule has 1 aromatic carbocycles. The van der Waals surface area contributed by atoms with Crippen molar-refractivity contribution in [1.82, 2.24) is 4.98 Å². The largest absolute Gasteiger partial charge is 0.384 e. The van der Waals surface area contributed by atoms with Crippen molar-refractivity contribution in [3.05, 3.63) is 33.4 Å². The van der Waals surface area contributed by atoms with Crippen LogP contribution in [0.3, 0.4) is 0 Å². The van der Waals surface area contributed by atoms with E-state index in [1.807, 2.05) is 6.92 Å². The predicted octanol–water partition coefficient (Wildman–Crippen LogP) is 5.53. The van der Waals surface area contributed by atoms with Gasteiger partial charge in [-0.1, -0.05) is 20.8 Å². The first kappa shape index (κ1) is 16.1. The second-order valence-corrected chi connectivity index (χ2v) is 6.24. The summed E-state index contributed by atoms with van der Waals surface area (Å²) in [6.45, 7) is 8.76. The Morgan fingerprint density at radius 3 is 2.52 bits per heavy atom. The number of aromatic nitrogens is 1. The van der Waals surface area contributed by atoms with E-state index in [2.05, 4.69) is 47.0 Å². The monoisotopic (exact) mass is 356 g/mol. The fourth-order valence-corrected chi connectivity index (χ4v) is 3.11. The molecule has 0 amide bonds. The van der Waals surface area contributed by atoms with Gasteiger partial charge < -0.3 is 5.32 Å². The van der Waals surface area contributed by atoms with Gasteiger partial charge in [-0.05, 0) is 40.8 Å². The Kier molecular flexibility index (Phi) is 4.81. The van der Waals surface area contributed by atoms with E-state index >= 15 is 0 Å². The Bertz CT molecular complexity index is 684. The number of nitrogens with zero attached hydrogens (tertiary/aromatic N) is 1. The zero-order valence-electron chi connectivity index (χ0n) is 12.7. The molecule has 0 fully saturated rings. The van der Waals surface area contributed by atoms with Crippen LogP contribution < -0.4 is 5.32 Å². The lowest BCUT2D eigenvalue weighted by Gasteiger charge is -2.20. The predicted molar refractivity (Wildman–Crippen MR) is 87.0 cm³/mol. The highest BCUT2D eigenvalue weighted by Crippen LogP contribution is 2.39. The summed E-state index contributed by atoms with van der Waals surface area (Å²) in [6, 6.07) is 0.873. The molecule has 2 nitrogen and oxygen atoms in total. The number of aryl methyl sites for hydroxylation is 1. The Morgan fingerprint density at radius 1 is 1.29 bits per heavy atom. The van der Waals surface area contributed by atoms with E-state index in [1.165, 1.54) is 0 Å². The molecule has 0 unspecified atom stereocenters. The van der Waals surface area contributed by atoms with Crippen molar-refractivity contribution in [3.8, 4) is 0 Å². The number of rotatable bonds is 4. The molecule has 1 aromatic heterocycles. The van der Waals surface area contributed by atoms with Gasteiger partial charge in [-0.3, -0.25) is 0 Å². The summed E-state index contributed by atoms with van der Waals surface area (Å²) in [5.74, 6) is -1.04. The highest BCUT2D eigenvalue weighted by molar-refractivity contribution is 9.10. The van der Waals surface area contributed by atoms with Gasteiger partial charge in [0.15, 0.2) is 5.82 Å². The summed E-state index contributed by atoms with van der Waals surface area (Å²) < 4.78 is 28.2. The van der Waals surface area contributed by atoms with Crippen molar-refractivity contribution in [2.75, 3.05) is 11.9 Å². The third kappa shape index (κ3) is 2.89. The molecule has 0 spiro atoms. The smallest absolute Gasteiger partial charge is 0.152 e. The van der Waals surface area contributed by atoms with Gasteiger partial charge in [-0.15, -0.1) is 0 Å². The summed E-state index contributed by atoms with van der Waals surface area (Å²) in [5, 5.41) is 3.80. The lowest BCUT2D eigenvalue weighted by Crippen LogP contribution is -2.09. The molecule has 21 heavy (non-hydrogen) atoms. The van der Waals surface area contributed by atoms with E-state index in [1.54, 1.807) is 0 Å². The van der Waals surface area contributed by atoms with E-state index in [0.717, 1.165) is 36.0 Å². The highest BCUT2D eigenvalue weighted by Gasteiger charge is 2.21. The highest BCUT2D eigenvalue weighted by atomic mass is 79.9. The van der Waals surface area contributed by atoms with Crippen LogP contribution in [0.5, 0.6) is 0 Å². The molecule has 2 aromatic rings. The summed E-state index contributed by atoms with van der Waals surface area (Å²) in [6.07, 6.45) is 0.926. The number of anilines is 1. The zero-order valence-corrected chi connectivity index (χ0v) is 14.2. The van der Waals surface area contributed by atoms with Crippen LogP contribution in [0.1, 0.15) is 44.4 Å². The topological polar surface area (TPSA) is 24.9 Å². The average Bonchev–Trinajstić information content (AvgIpc) is 2.41. The third-order valence-corrected chi connectivity index (χ3v) is 4.24. The van der Waals surface area contributed by atoms with Crippen molar-refractivity contribution in [2.24, 2.45) is 0 Å². The third-order valence-electron chi connectivity index (χ3n) is 3.46.